The lowest BCUT2D eigenvalue weighted by Gasteiger charge is -2.12. The van der Waals surface area contributed by atoms with Crippen molar-refractivity contribution in [2.75, 3.05) is 0 Å². The zero-order chi connectivity index (χ0) is 12.6. The second kappa shape index (κ2) is 3.85. The SMILES string of the molecule is N[C@H](CC(=O)O)c1cccc2c1OC(F)(F)O2. The minimum absolute atomic E-state index is 0.145. The number of hydrogen-bond donors (Lipinski definition) is 2. The van der Waals surface area contributed by atoms with Gasteiger partial charge >= 0.3 is 12.3 Å². The lowest BCUT2D eigenvalue weighted by Crippen LogP contribution is -2.26. The summed E-state index contributed by atoms with van der Waals surface area (Å²) in [5, 5.41) is 8.60. The van der Waals surface area contributed by atoms with Crippen LogP contribution >= 0.6 is 0 Å². The normalized spacial score (nSPS) is 17.8. The fourth-order valence-electron chi connectivity index (χ4n) is 1.58. The summed E-state index contributed by atoms with van der Waals surface area (Å²) in [5.74, 6) is -1.47. The Hall–Kier alpha value is -1.89. The van der Waals surface area contributed by atoms with Crippen molar-refractivity contribution < 1.29 is 28.2 Å². The summed E-state index contributed by atoms with van der Waals surface area (Å²) >= 11 is 0. The molecule has 1 atom stereocenters. The predicted octanol–water partition coefficient (Wildman–Crippen LogP) is 1.48. The van der Waals surface area contributed by atoms with Crippen molar-refractivity contribution in [3.8, 4) is 11.5 Å². The van der Waals surface area contributed by atoms with Crippen molar-refractivity contribution in [2.45, 2.75) is 18.8 Å². The molecule has 2 rings (SSSR count). The molecule has 0 saturated carbocycles. The van der Waals surface area contributed by atoms with Gasteiger partial charge in [0.25, 0.3) is 0 Å². The molecule has 0 bridgehead atoms. The van der Waals surface area contributed by atoms with Crippen LogP contribution in [0, 0.1) is 0 Å². The van der Waals surface area contributed by atoms with Gasteiger partial charge in [-0.05, 0) is 6.07 Å². The first kappa shape index (κ1) is 11.6. The van der Waals surface area contributed by atoms with Crippen LogP contribution in [0.2, 0.25) is 0 Å². The van der Waals surface area contributed by atoms with Crippen molar-refractivity contribution in [3.63, 3.8) is 0 Å². The predicted molar refractivity (Wildman–Crippen MR) is 51.8 cm³/mol. The number of ether oxygens (including phenoxy) is 2. The summed E-state index contributed by atoms with van der Waals surface area (Å²) in [6.07, 6.45) is -4.12. The Morgan fingerprint density at radius 1 is 1.47 bits per heavy atom. The molecule has 1 aliphatic heterocycles. The van der Waals surface area contributed by atoms with E-state index in [2.05, 4.69) is 9.47 Å². The van der Waals surface area contributed by atoms with Crippen LogP contribution in [0.1, 0.15) is 18.0 Å². The number of carbonyl (C=O) groups is 1. The van der Waals surface area contributed by atoms with Gasteiger partial charge in [-0.25, -0.2) is 0 Å². The minimum Gasteiger partial charge on any atom is -0.481 e. The first-order valence-electron chi connectivity index (χ1n) is 4.75. The molecule has 17 heavy (non-hydrogen) atoms. The Bertz CT molecular complexity index is 464. The Labute approximate surface area is 94.7 Å². The number of carboxylic acid groups (broad SMARTS) is 1. The van der Waals surface area contributed by atoms with Crippen molar-refractivity contribution in [1.29, 1.82) is 0 Å². The van der Waals surface area contributed by atoms with Crippen molar-refractivity contribution in [3.05, 3.63) is 23.8 Å². The lowest BCUT2D eigenvalue weighted by molar-refractivity contribution is -0.287. The van der Waals surface area contributed by atoms with E-state index in [1.165, 1.54) is 18.2 Å². The molecule has 3 N–H and O–H groups in total. The van der Waals surface area contributed by atoms with E-state index >= 15 is 0 Å². The molecule has 7 heteroatoms. The van der Waals surface area contributed by atoms with Crippen LogP contribution in [0.25, 0.3) is 0 Å². The molecule has 1 aromatic rings. The molecular formula is C10H9F2NO4. The number of fused-ring (bicyclic) bond motifs is 1. The Kier molecular flexibility index (Phi) is 2.62. The van der Waals surface area contributed by atoms with Gasteiger partial charge in [0.15, 0.2) is 11.5 Å². The van der Waals surface area contributed by atoms with Crippen LogP contribution in [-0.4, -0.2) is 17.4 Å². The molecule has 5 nitrogen and oxygen atoms in total. The standard InChI is InChI=1S/C10H9F2NO4/c11-10(12)16-7-3-1-2-5(9(7)17-10)6(13)4-8(14)15/h1-3,6H,4,13H2,(H,14,15)/t6-/m1/s1. The van der Waals surface area contributed by atoms with Crippen LogP contribution in [0.3, 0.4) is 0 Å². The summed E-state index contributed by atoms with van der Waals surface area (Å²) in [6.45, 7) is 0. The summed E-state index contributed by atoms with van der Waals surface area (Å²) in [5.41, 5.74) is 5.78. The van der Waals surface area contributed by atoms with Gasteiger partial charge in [-0.15, -0.1) is 8.78 Å². The summed E-state index contributed by atoms with van der Waals surface area (Å²) in [7, 11) is 0. The number of nitrogens with two attached hydrogens (primary N) is 1. The van der Waals surface area contributed by atoms with E-state index in [9.17, 15) is 13.6 Å². The maximum atomic E-state index is 12.8. The van der Waals surface area contributed by atoms with Gasteiger partial charge in [-0.2, -0.15) is 0 Å². The van der Waals surface area contributed by atoms with E-state index in [0.717, 1.165) is 0 Å². The van der Waals surface area contributed by atoms with E-state index in [0.29, 0.717) is 0 Å². The number of para-hydroxylation sites is 1. The third-order valence-electron chi connectivity index (χ3n) is 2.25. The molecule has 0 amide bonds. The third kappa shape index (κ3) is 2.28. The maximum absolute atomic E-state index is 12.8. The topological polar surface area (TPSA) is 81.8 Å². The van der Waals surface area contributed by atoms with Crippen LogP contribution in [-0.2, 0) is 4.79 Å². The van der Waals surface area contributed by atoms with Crippen molar-refractivity contribution in [2.24, 2.45) is 5.73 Å². The van der Waals surface area contributed by atoms with Crippen molar-refractivity contribution in [1.82, 2.24) is 0 Å². The van der Waals surface area contributed by atoms with E-state index in [-0.39, 0.29) is 23.5 Å². The Morgan fingerprint density at radius 2 is 2.18 bits per heavy atom. The highest BCUT2D eigenvalue weighted by atomic mass is 19.3. The maximum Gasteiger partial charge on any atom is 0.586 e. The summed E-state index contributed by atoms with van der Waals surface area (Å²) < 4.78 is 34.2. The highest BCUT2D eigenvalue weighted by Gasteiger charge is 2.44. The lowest BCUT2D eigenvalue weighted by atomic mass is 10.0. The molecule has 0 saturated heterocycles. The highest BCUT2D eigenvalue weighted by Crippen LogP contribution is 2.45. The largest absolute Gasteiger partial charge is 0.586 e. The van der Waals surface area contributed by atoms with Crippen LogP contribution in [0.4, 0.5) is 8.78 Å². The van der Waals surface area contributed by atoms with Gasteiger partial charge in [-0.1, -0.05) is 12.1 Å². The Balaban J connectivity index is 2.32. The fraction of sp³-hybridized carbons (Fsp3) is 0.300. The highest BCUT2D eigenvalue weighted by molar-refractivity contribution is 5.68. The molecule has 0 aromatic heterocycles. The number of benzene rings is 1. The van der Waals surface area contributed by atoms with Gasteiger partial charge in [0.1, 0.15) is 0 Å². The second-order valence-corrected chi connectivity index (χ2v) is 3.55. The summed E-state index contributed by atoms with van der Waals surface area (Å²) in [4.78, 5) is 10.5. The van der Waals surface area contributed by atoms with Gasteiger partial charge in [-0.3, -0.25) is 4.79 Å². The molecule has 0 spiro atoms. The fourth-order valence-corrected chi connectivity index (χ4v) is 1.58. The number of carboxylic acids is 1. The van der Waals surface area contributed by atoms with E-state index in [1.807, 2.05) is 0 Å². The molecule has 0 aliphatic carbocycles. The van der Waals surface area contributed by atoms with Gasteiger partial charge in [0.2, 0.25) is 0 Å². The molecule has 92 valence electrons. The molecule has 1 aromatic carbocycles. The van der Waals surface area contributed by atoms with Crippen LogP contribution in [0.15, 0.2) is 18.2 Å². The Morgan fingerprint density at radius 3 is 2.82 bits per heavy atom. The average molecular weight is 245 g/mol. The van der Waals surface area contributed by atoms with E-state index in [1.54, 1.807) is 0 Å². The molecule has 0 fully saturated rings. The minimum atomic E-state index is -3.73. The quantitative estimate of drug-likeness (QED) is 0.842. The molecule has 0 unspecified atom stereocenters. The van der Waals surface area contributed by atoms with E-state index < -0.39 is 18.3 Å². The molecule has 1 aliphatic rings. The number of hydrogen-bond acceptors (Lipinski definition) is 4. The number of aliphatic carboxylic acids is 1. The third-order valence-corrected chi connectivity index (χ3v) is 2.25. The zero-order valence-corrected chi connectivity index (χ0v) is 8.52. The van der Waals surface area contributed by atoms with Crippen LogP contribution < -0.4 is 15.2 Å². The number of rotatable bonds is 3. The van der Waals surface area contributed by atoms with Gasteiger partial charge in [0, 0.05) is 11.6 Å². The number of halogens is 2. The molecule has 0 radical (unpaired) electrons. The smallest absolute Gasteiger partial charge is 0.481 e. The molecule has 1 heterocycles. The first-order valence-corrected chi connectivity index (χ1v) is 4.75. The second-order valence-electron chi connectivity index (χ2n) is 3.55. The first-order chi connectivity index (χ1) is 7.89. The van der Waals surface area contributed by atoms with Crippen molar-refractivity contribution >= 4 is 5.97 Å². The van der Waals surface area contributed by atoms with E-state index in [4.69, 9.17) is 10.8 Å². The van der Waals surface area contributed by atoms with Gasteiger partial charge < -0.3 is 20.3 Å². The average Bonchev–Trinajstić information content (AvgIpc) is 2.49. The summed E-state index contributed by atoms with van der Waals surface area (Å²) in [6, 6.07) is 3.24. The van der Waals surface area contributed by atoms with Crippen LogP contribution in [0.5, 0.6) is 11.5 Å². The van der Waals surface area contributed by atoms with Gasteiger partial charge in [0.05, 0.1) is 6.42 Å². The zero-order valence-electron chi connectivity index (χ0n) is 8.52. The molecular weight excluding hydrogens is 236 g/mol. The number of alkyl halides is 2. The monoisotopic (exact) mass is 245 g/mol.